The minimum Gasteiger partial charge on any atom is -0.321 e. The van der Waals surface area contributed by atoms with Crippen molar-refractivity contribution in [3.63, 3.8) is 0 Å². The maximum absolute atomic E-state index is 13.1. The van der Waals surface area contributed by atoms with Gasteiger partial charge in [0.2, 0.25) is 0 Å². The third-order valence-electron chi connectivity index (χ3n) is 4.30. The number of halogens is 3. The average Bonchev–Trinajstić information content (AvgIpc) is 2.71. The summed E-state index contributed by atoms with van der Waals surface area (Å²) in [5.74, 6) is -0.294. The molecular formula is C22H13Cl3N2O. The molecule has 0 saturated heterocycles. The molecule has 0 aliphatic rings. The normalized spacial score (nSPS) is 10.8. The van der Waals surface area contributed by atoms with Gasteiger partial charge in [-0.05, 0) is 36.4 Å². The fourth-order valence-corrected chi connectivity index (χ4v) is 3.40. The SMILES string of the molecule is O=C(Nc1cccc(Cl)c1Cl)c1cc(-c2ccc(Cl)cc2)nc2ccccc12. The van der Waals surface area contributed by atoms with Crippen molar-refractivity contribution in [3.05, 3.63) is 93.4 Å². The van der Waals surface area contributed by atoms with E-state index in [0.717, 1.165) is 16.5 Å². The number of rotatable bonds is 3. The second kappa shape index (κ2) is 7.80. The molecule has 0 fully saturated rings. The van der Waals surface area contributed by atoms with Gasteiger partial charge in [0.05, 0.1) is 32.5 Å². The van der Waals surface area contributed by atoms with Crippen LogP contribution in [0, 0.1) is 0 Å². The highest BCUT2D eigenvalue weighted by Gasteiger charge is 2.16. The minimum absolute atomic E-state index is 0.294. The largest absolute Gasteiger partial charge is 0.321 e. The molecule has 1 N–H and O–H groups in total. The highest BCUT2D eigenvalue weighted by Crippen LogP contribution is 2.31. The van der Waals surface area contributed by atoms with Gasteiger partial charge >= 0.3 is 0 Å². The molecule has 0 spiro atoms. The van der Waals surface area contributed by atoms with Crippen molar-refractivity contribution in [2.24, 2.45) is 0 Å². The number of aromatic nitrogens is 1. The zero-order valence-electron chi connectivity index (χ0n) is 14.4. The fourth-order valence-electron chi connectivity index (χ4n) is 2.92. The molecule has 3 nitrogen and oxygen atoms in total. The third-order valence-corrected chi connectivity index (χ3v) is 5.37. The first-order valence-electron chi connectivity index (χ1n) is 8.44. The topological polar surface area (TPSA) is 42.0 Å². The van der Waals surface area contributed by atoms with E-state index in [4.69, 9.17) is 34.8 Å². The van der Waals surface area contributed by atoms with Crippen LogP contribution in [0.2, 0.25) is 15.1 Å². The highest BCUT2D eigenvalue weighted by atomic mass is 35.5. The molecule has 0 aliphatic heterocycles. The van der Waals surface area contributed by atoms with E-state index in [1.54, 1.807) is 36.4 Å². The lowest BCUT2D eigenvalue weighted by atomic mass is 10.0. The molecule has 138 valence electrons. The number of nitrogens with zero attached hydrogens (tertiary/aromatic N) is 1. The molecule has 4 aromatic rings. The van der Waals surface area contributed by atoms with E-state index in [1.165, 1.54) is 0 Å². The standard InChI is InChI=1S/C22H13Cl3N2O/c23-14-10-8-13(9-11-14)20-12-16(15-4-1-2-6-18(15)26-20)22(28)27-19-7-3-5-17(24)21(19)25/h1-12H,(H,27,28). The number of amides is 1. The van der Waals surface area contributed by atoms with Gasteiger partial charge in [-0.2, -0.15) is 0 Å². The number of hydrogen-bond donors (Lipinski definition) is 1. The summed E-state index contributed by atoms with van der Waals surface area (Å²) in [7, 11) is 0. The van der Waals surface area contributed by atoms with Crippen LogP contribution in [0.25, 0.3) is 22.2 Å². The summed E-state index contributed by atoms with van der Waals surface area (Å²) in [6.45, 7) is 0. The molecule has 1 amide bonds. The van der Waals surface area contributed by atoms with Gasteiger partial charge in [-0.15, -0.1) is 0 Å². The molecule has 3 aromatic carbocycles. The lowest BCUT2D eigenvalue weighted by Gasteiger charge is -2.12. The Morgan fingerprint density at radius 1 is 0.857 bits per heavy atom. The first-order chi connectivity index (χ1) is 13.5. The summed E-state index contributed by atoms with van der Waals surface area (Å²) < 4.78 is 0. The van der Waals surface area contributed by atoms with E-state index in [9.17, 15) is 4.79 Å². The van der Waals surface area contributed by atoms with Gasteiger partial charge in [0.1, 0.15) is 0 Å². The number of carbonyl (C=O) groups excluding carboxylic acids is 1. The molecule has 4 rings (SSSR count). The summed E-state index contributed by atoms with van der Waals surface area (Å²) in [5.41, 5.74) is 3.21. The van der Waals surface area contributed by atoms with Crippen molar-refractivity contribution in [2.45, 2.75) is 0 Å². The number of para-hydroxylation sites is 1. The van der Waals surface area contributed by atoms with Gasteiger partial charge in [0, 0.05) is 16.0 Å². The van der Waals surface area contributed by atoms with Crippen molar-refractivity contribution in [3.8, 4) is 11.3 Å². The van der Waals surface area contributed by atoms with Crippen LogP contribution in [0.1, 0.15) is 10.4 Å². The first kappa shape index (κ1) is 18.8. The van der Waals surface area contributed by atoms with Crippen LogP contribution in [0.4, 0.5) is 5.69 Å². The van der Waals surface area contributed by atoms with Crippen molar-refractivity contribution < 1.29 is 4.79 Å². The summed E-state index contributed by atoms with van der Waals surface area (Å²) in [6.07, 6.45) is 0. The third kappa shape index (κ3) is 3.69. The number of pyridine rings is 1. The van der Waals surface area contributed by atoms with Crippen LogP contribution in [-0.2, 0) is 0 Å². The Kier molecular flexibility index (Phi) is 5.23. The van der Waals surface area contributed by atoms with E-state index >= 15 is 0 Å². The zero-order chi connectivity index (χ0) is 19.7. The Hall–Kier alpha value is -2.59. The van der Waals surface area contributed by atoms with Crippen LogP contribution in [0.15, 0.2) is 72.8 Å². The molecule has 6 heteroatoms. The smallest absolute Gasteiger partial charge is 0.256 e. The van der Waals surface area contributed by atoms with Gasteiger partial charge in [-0.3, -0.25) is 4.79 Å². The van der Waals surface area contributed by atoms with Crippen molar-refractivity contribution in [1.29, 1.82) is 0 Å². The zero-order valence-corrected chi connectivity index (χ0v) is 16.7. The number of carbonyl (C=O) groups is 1. The van der Waals surface area contributed by atoms with Gasteiger partial charge < -0.3 is 5.32 Å². The molecule has 0 bridgehead atoms. The predicted octanol–water partition coefficient (Wildman–Crippen LogP) is 7.11. The molecule has 0 aliphatic carbocycles. The number of fused-ring (bicyclic) bond motifs is 1. The predicted molar refractivity (Wildman–Crippen MR) is 117 cm³/mol. The number of hydrogen-bond acceptors (Lipinski definition) is 2. The molecular weight excluding hydrogens is 415 g/mol. The number of anilines is 1. The summed E-state index contributed by atoms with van der Waals surface area (Å²) in [6, 6.07) is 21.7. The lowest BCUT2D eigenvalue weighted by Crippen LogP contribution is -2.13. The second-order valence-corrected chi connectivity index (χ2v) is 7.36. The quantitative estimate of drug-likeness (QED) is 0.378. The van der Waals surface area contributed by atoms with E-state index in [1.807, 2.05) is 36.4 Å². The summed E-state index contributed by atoms with van der Waals surface area (Å²) in [5, 5.41) is 4.90. The second-order valence-electron chi connectivity index (χ2n) is 6.13. The van der Waals surface area contributed by atoms with Gasteiger partial charge in [-0.25, -0.2) is 4.98 Å². The van der Waals surface area contributed by atoms with Crippen molar-refractivity contribution in [2.75, 3.05) is 5.32 Å². The Morgan fingerprint density at radius 3 is 2.39 bits per heavy atom. The van der Waals surface area contributed by atoms with Crippen molar-refractivity contribution in [1.82, 2.24) is 4.98 Å². The monoisotopic (exact) mass is 426 g/mol. The molecule has 0 radical (unpaired) electrons. The molecule has 0 atom stereocenters. The number of benzene rings is 3. The molecule has 0 unspecified atom stereocenters. The van der Waals surface area contributed by atoms with E-state index in [-0.39, 0.29) is 5.91 Å². The van der Waals surface area contributed by atoms with E-state index in [2.05, 4.69) is 10.3 Å². The van der Waals surface area contributed by atoms with Crippen LogP contribution in [-0.4, -0.2) is 10.9 Å². The lowest BCUT2D eigenvalue weighted by molar-refractivity contribution is 0.102. The summed E-state index contributed by atoms with van der Waals surface area (Å²) >= 11 is 18.3. The van der Waals surface area contributed by atoms with Crippen LogP contribution >= 0.6 is 34.8 Å². The van der Waals surface area contributed by atoms with Crippen LogP contribution in [0.3, 0.4) is 0 Å². The highest BCUT2D eigenvalue weighted by molar-refractivity contribution is 6.44. The van der Waals surface area contributed by atoms with Gasteiger partial charge in [0.25, 0.3) is 5.91 Å². The Bertz CT molecular complexity index is 1190. The summed E-state index contributed by atoms with van der Waals surface area (Å²) in [4.78, 5) is 17.8. The molecule has 1 aromatic heterocycles. The van der Waals surface area contributed by atoms with Crippen molar-refractivity contribution >= 4 is 57.3 Å². The maximum Gasteiger partial charge on any atom is 0.256 e. The van der Waals surface area contributed by atoms with Gasteiger partial charge in [-0.1, -0.05) is 71.2 Å². The van der Waals surface area contributed by atoms with Crippen LogP contribution in [0.5, 0.6) is 0 Å². The molecule has 28 heavy (non-hydrogen) atoms. The average molecular weight is 428 g/mol. The minimum atomic E-state index is -0.294. The molecule has 0 saturated carbocycles. The van der Waals surface area contributed by atoms with E-state index in [0.29, 0.717) is 32.0 Å². The Labute approximate surface area is 176 Å². The van der Waals surface area contributed by atoms with Crippen LogP contribution < -0.4 is 5.32 Å². The van der Waals surface area contributed by atoms with E-state index < -0.39 is 0 Å². The molecule has 1 heterocycles. The maximum atomic E-state index is 13.1. The Morgan fingerprint density at radius 2 is 1.61 bits per heavy atom. The number of nitrogens with one attached hydrogen (secondary N) is 1. The van der Waals surface area contributed by atoms with Gasteiger partial charge in [0.15, 0.2) is 0 Å². The Balaban J connectivity index is 1.81. The first-order valence-corrected chi connectivity index (χ1v) is 9.57. The fraction of sp³-hybridized carbons (Fsp3) is 0.